The van der Waals surface area contributed by atoms with E-state index in [1.165, 1.54) is 18.4 Å². The molecular formula is C23H27BO3. The second-order valence-corrected chi connectivity index (χ2v) is 9.29. The van der Waals surface area contributed by atoms with Gasteiger partial charge in [-0.15, -0.1) is 0 Å². The largest absolute Gasteiger partial charge is 0.494 e. The maximum atomic E-state index is 6.17. The second-order valence-electron chi connectivity index (χ2n) is 9.29. The van der Waals surface area contributed by atoms with Crippen molar-refractivity contribution >= 4 is 12.6 Å². The Kier molecular flexibility index (Phi) is 3.76. The molecule has 2 atom stereocenters. The van der Waals surface area contributed by atoms with Crippen LogP contribution in [0.2, 0.25) is 0 Å². The standard InChI is InChI=1S/C23H27BO3/c1-22(2)23(3,4)27-24(26-22)18-7-5-6-15(10-18)14-25-19-8-9-20-16(12-19)11-17-13-21(17)20/h5-10,12,17,21H,11,13-14H2,1-4H3/t17-,21+/m0/s1. The van der Waals surface area contributed by atoms with Crippen LogP contribution in [0, 0.1) is 5.92 Å². The van der Waals surface area contributed by atoms with Gasteiger partial charge >= 0.3 is 7.12 Å². The maximum absolute atomic E-state index is 6.17. The van der Waals surface area contributed by atoms with E-state index in [0.29, 0.717) is 6.61 Å². The molecule has 0 radical (unpaired) electrons. The fourth-order valence-electron chi connectivity index (χ4n) is 4.32. The molecule has 1 saturated carbocycles. The van der Waals surface area contributed by atoms with Gasteiger partial charge in [-0.05, 0) is 86.7 Å². The summed E-state index contributed by atoms with van der Waals surface area (Å²) in [6, 6.07) is 15.0. The monoisotopic (exact) mass is 362 g/mol. The van der Waals surface area contributed by atoms with Gasteiger partial charge in [-0.25, -0.2) is 0 Å². The summed E-state index contributed by atoms with van der Waals surface area (Å²) < 4.78 is 18.4. The average molecular weight is 362 g/mol. The Bertz CT molecular complexity index is 873. The number of rotatable bonds is 4. The summed E-state index contributed by atoms with van der Waals surface area (Å²) in [5.74, 6) is 2.72. The molecule has 5 rings (SSSR count). The van der Waals surface area contributed by atoms with Gasteiger partial charge in [0.25, 0.3) is 0 Å². The molecule has 2 fully saturated rings. The van der Waals surface area contributed by atoms with Crippen LogP contribution in [0.1, 0.15) is 56.7 Å². The van der Waals surface area contributed by atoms with Crippen LogP contribution in [0.15, 0.2) is 42.5 Å². The second kappa shape index (κ2) is 5.86. The summed E-state index contributed by atoms with van der Waals surface area (Å²) in [7, 11) is -0.332. The highest BCUT2D eigenvalue weighted by molar-refractivity contribution is 6.62. The first-order chi connectivity index (χ1) is 12.8. The molecule has 0 bridgehead atoms. The van der Waals surface area contributed by atoms with Gasteiger partial charge in [0.1, 0.15) is 12.4 Å². The summed E-state index contributed by atoms with van der Waals surface area (Å²) in [4.78, 5) is 0. The van der Waals surface area contributed by atoms with E-state index in [-0.39, 0.29) is 18.3 Å². The number of fused-ring (bicyclic) bond motifs is 3. The third-order valence-electron chi connectivity index (χ3n) is 6.80. The van der Waals surface area contributed by atoms with E-state index in [1.807, 2.05) is 0 Å². The van der Waals surface area contributed by atoms with Gasteiger partial charge in [0.15, 0.2) is 0 Å². The topological polar surface area (TPSA) is 27.7 Å². The SMILES string of the molecule is CC1(C)OB(c2cccc(COc3ccc4c(c3)C[C@H]3C[C@@H]43)c2)OC1(C)C. The van der Waals surface area contributed by atoms with Crippen molar-refractivity contribution in [3.8, 4) is 5.75 Å². The Hall–Kier alpha value is -1.78. The molecule has 4 heteroatoms. The van der Waals surface area contributed by atoms with E-state index in [4.69, 9.17) is 14.0 Å². The molecule has 0 unspecified atom stereocenters. The van der Waals surface area contributed by atoms with Crippen molar-refractivity contribution in [3.05, 3.63) is 59.2 Å². The van der Waals surface area contributed by atoms with Crippen LogP contribution in [-0.2, 0) is 22.3 Å². The molecule has 140 valence electrons. The van der Waals surface area contributed by atoms with Gasteiger partial charge in [0.2, 0.25) is 0 Å². The smallest absolute Gasteiger partial charge is 0.489 e. The van der Waals surface area contributed by atoms with E-state index >= 15 is 0 Å². The van der Waals surface area contributed by atoms with Crippen molar-refractivity contribution in [2.45, 2.75) is 64.3 Å². The van der Waals surface area contributed by atoms with Gasteiger partial charge in [-0.1, -0.05) is 30.3 Å². The Labute approximate surface area is 162 Å². The normalized spacial score (nSPS) is 26.6. The first-order valence-corrected chi connectivity index (χ1v) is 10.0. The summed E-state index contributed by atoms with van der Waals surface area (Å²) >= 11 is 0. The molecule has 27 heavy (non-hydrogen) atoms. The van der Waals surface area contributed by atoms with Crippen molar-refractivity contribution in [1.82, 2.24) is 0 Å². The molecule has 1 heterocycles. The van der Waals surface area contributed by atoms with Gasteiger partial charge in [-0.2, -0.15) is 0 Å². The van der Waals surface area contributed by atoms with E-state index in [1.54, 1.807) is 5.56 Å². The molecule has 2 aromatic carbocycles. The molecular weight excluding hydrogens is 335 g/mol. The predicted molar refractivity (Wildman–Crippen MR) is 107 cm³/mol. The van der Waals surface area contributed by atoms with Crippen molar-refractivity contribution in [2.75, 3.05) is 0 Å². The molecule has 0 N–H and O–H groups in total. The van der Waals surface area contributed by atoms with Gasteiger partial charge in [-0.3, -0.25) is 0 Å². The predicted octanol–water partition coefficient (Wildman–Crippen LogP) is 4.22. The van der Waals surface area contributed by atoms with Crippen LogP contribution in [0.3, 0.4) is 0 Å². The highest BCUT2D eigenvalue weighted by atomic mass is 16.7. The van der Waals surface area contributed by atoms with Gasteiger partial charge < -0.3 is 14.0 Å². The molecule has 0 aromatic heterocycles. The van der Waals surface area contributed by atoms with Crippen molar-refractivity contribution in [2.24, 2.45) is 5.92 Å². The summed E-state index contributed by atoms with van der Waals surface area (Å²) in [6.45, 7) is 8.88. The van der Waals surface area contributed by atoms with Gasteiger partial charge in [0, 0.05) is 0 Å². The fourth-order valence-corrected chi connectivity index (χ4v) is 4.32. The van der Waals surface area contributed by atoms with E-state index in [0.717, 1.165) is 28.6 Å². The molecule has 1 aliphatic heterocycles. The lowest BCUT2D eigenvalue weighted by molar-refractivity contribution is 0.00578. The summed E-state index contributed by atoms with van der Waals surface area (Å²) in [6.07, 6.45) is 2.62. The first-order valence-electron chi connectivity index (χ1n) is 10.0. The zero-order valence-electron chi connectivity index (χ0n) is 16.6. The third-order valence-corrected chi connectivity index (χ3v) is 6.80. The van der Waals surface area contributed by atoms with Crippen LogP contribution >= 0.6 is 0 Å². The molecule has 0 amide bonds. The Morgan fingerprint density at radius 3 is 2.59 bits per heavy atom. The highest BCUT2D eigenvalue weighted by Gasteiger charge is 2.51. The highest BCUT2D eigenvalue weighted by Crippen LogP contribution is 2.56. The molecule has 3 aliphatic rings. The Morgan fingerprint density at radius 2 is 1.81 bits per heavy atom. The zero-order valence-corrected chi connectivity index (χ0v) is 16.6. The lowest BCUT2D eigenvalue weighted by Gasteiger charge is -2.32. The summed E-state index contributed by atoms with van der Waals surface area (Å²) in [5.41, 5.74) is 4.56. The van der Waals surface area contributed by atoms with Crippen LogP contribution in [0.5, 0.6) is 5.75 Å². The van der Waals surface area contributed by atoms with Crippen LogP contribution in [0.4, 0.5) is 0 Å². The number of ether oxygens (including phenoxy) is 1. The maximum Gasteiger partial charge on any atom is 0.494 e. The molecule has 2 aliphatic carbocycles. The van der Waals surface area contributed by atoms with Gasteiger partial charge in [0.05, 0.1) is 11.2 Å². The Morgan fingerprint density at radius 1 is 1.04 bits per heavy atom. The minimum atomic E-state index is -0.332. The lowest BCUT2D eigenvalue weighted by atomic mass is 9.78. The lowest BCUT2D eigenvalue weighted by Crippen LogP contribution is -2.41. The minimum absolute atomic E-state index is 0.324. The molecule has 0 spiro atoms. The first kappa shape index (κ1) is 17.3. The van der Waals surface area contributed by atoms with Crippen molar-refractivity contribution in [3.63, 3.8) is 0 Å². The van der Waals surface area contributed by atoms with Crippen molar-refractivity contribution < 1.29 is 14.0 Å². The average Bonchev–Trinajstić information content (AvgIpc) is 3.23. The van der Waals surface area contributed by atoms with E-state index < -0.39 is 0 Å². The van der Waals surface area contributed by atoms with E-state index in [2.05, 4.69) is 70.2 Å². The third kappa shape index (κ3) is 2.99. The number of hydrogen-bond donors (Lipinski definition) is 0. The zero-order chi connectivity index (χ0) is 18.8. The number of hydrogen-bond acceptors (Lipinski definition) is 3. The fraction of sp³-hybridized carbons (Fsp3) is 0.478. The Balaban J connectivity index is 1.28. The van der Waals surface area contributed by atoms with Crippen LogP contribution < -0.4 is 10.2 Å². The minimum Gasteiger partial charge on any atom is -0.489 e. The number of benzene rings is 2. The van der Waals surface area contributed by atoms with Crippen LogP contribution in [0.25, 0.3) is 0 Å². The van der Waals surface area contributed by atoms with Crippen LogP contribution in [-0.4, -0.2) is 18.3 Å². The molecule has 2 aromatic rings. The van der Waals surface area contributed by atoms with Crippen molar-refractivity contribution in [1.29, 1.82) is 0 Å². The summed E-state index contributed by atoms with van der Waals surface area (Å²) in [5, 5.41) is 0. The molecule has 3 nitrogen and oxygen atoms in total. The van der Waals surface area contributed by atoms with E-state index in [9.17, 15) is 0 Å². The quantitative estimate of drug-likeness (QED) is 0.762. The molecule has 1 saturated heterocycles.